The van der Waals surface area contributed by atoms with Gasteiger partial charge in [0.05, 0.1) is 29.1 Å². The Morgan fingerprint density at radius 3 is 2.07 bits per heavy atom. The summed E-state index contributed by atoms with van der Waals surface area (Å²) in [5.41, 5.74) is 3.65. The molecule has 0 radical (unpaired) electrons. The van der Waals surface area contributed by atoms with Crippen molar-refractivity contribution in [2.45, 2.75) is 6.92 Å². The van der Waals surface area contributed by atoms with Crippen LogP contribution in [0, 0.1) is 11.3 Å². The molecule has 1 heterocycles. The Bertz CT molecular complexity index is 1040. The van der Waals surface area contributed by atoms with Crippen LogP contribution in [0.25, 0.3) is 0 Å². The lowest BCUT2D eigenvalue weighted by Gasteiger charge is -2.09. The number of amides is 2. The van der Waals surface area contributed by atoms with Crippen LogP contribution in [0.1, 0.15) is 22.8 Å². The Labute approximate surface area is 162 Å². The zero-order valence-corrected chi connectivity index (χ0v) is 15.1. The van der Waals surface area contributed by atoms with Crippen molar-refractivity contribution in [2.75, 3.05) is 16.0 Å². The van der Waals surface area contributed by atoms with E-state index >= 15 is 0 Å². The van der Waals surface area contributed by atoms with Gasteiger partial charge in [-0.1, -0.05) is 0 Å². The van der Waals surface area contributed by atoms with Gasteiger partial charge in [0.2, 0.25) is 5.91 Å². The van der Waals surface area contributed by atoms with Crippen LogP contribution in [0.15, 0.2) is 67.0 Å². The highest BCUT2D eigenvalue weighted by Gasteiger charge is 2.08. The van der Waals surface area contributed by atoms with E-state index in [1.807, 2.05) is 0 Å². The highest BCUT2D eigenvalue weighted by Crippen LogP contribution is 2.19. The van der Waals surface area contributed by atoms with Gasteiger partial charge in [0.1, 0.15) is 0 Å². The Morgan fingerprint density at radius 2 is 1.46 bits per heavy atom. The van der Waals surface area contributed by atoms with Crippen molar-refractivity contribution in [3.63, 3.8) is 0 Å². The van der Waals surface area contributed by atoms with Crippen LogP contribution in [-0.4, -0.2) is 16.8 Å². The minimum absolute atomic E-state index is 0.158. The Hall–Kier alpha value is -4.18. The molecule has 2 aromatic carbocycles. The molecule has 0 bridgehead atoms. The first-order chi connectivity index (χ1) is 13.5. The average Bonchev–Trinajstić information content (AvgIpc) is 2.70. The molecule has 0 spiro atoms. The molecule has 0 aliphatic rings. The number of pyridine rings is 1. The van der Waals surface area contributed by atoms with Gasteiger partial charge in [-0.2, -0.15) is 5.26 Å². The number of nitriles is 1. The summed E-state index contributed by atoms with van der Waals surface area (Å²) >= 11 is 0. The van der Waals surface area contributed by atoms with E-state index in [0.29, 0.717) is 28.2 Å². The summed E-state index contributed by atoms with van der Waals surface area (Å²) in [6.45, 7) is 1.43. The largest absolute Gasteiger partial charge is 0.354 e. The Kier molecular flexibility index (Phi) is 5.63. The lowest BCUT2D eigenvalue weighted by molar-refractivity contribution is -0.114. The number of carbonyl (C=O) groups is 2. The van der Waals surface area contributed by atoms with Gasteiger partial charge in [0.25, 0.3) is 5.91 Å². The molecule has 2 amide bonds. The SMILES string of the molecule is CC(=O)Nc1ccc(NC(=O)c2cncc(Nc3ccc(C#N)cc3)c2)cc1. The molecular weight excluding hydrogens is 354 g/mol. The molecule has 138 valence electrons. The fourth-order valence-corrected chi connectivity index (χ4v) is 2.47. The maximum Gasteiger partial charge on any atom is 0.257 e. The Balaban J connectivity index is 1.67. The van der Waals surface area contributed by atoms with E-state index < -0.39 is 0 Å². The highest BCUT2D eigenvalue weighted by atomic mass is 16.2. The molecule has 0 saturated carbocycles. The van der Waals surface area contributed by atoms with Crippen LogP contribution in [0.3, 0.4) is 0 Å². The van der Waals surface area contributed by atoms with E-state index in [2.05, 4.69) is 27.0 Å². The molecule has 3 rings (SSSR count). The second-order valence-electron chi connectivity index (χ2n) is 5.99. The molecule has 3 aromatic rings. The maximum atomic E-state index is 12.5. The van der Waals surface area contributed by atoms with Crippen molar-refractivity contribution in [2.24, 2.45) is 0 Å². The predicted molar refractivity (Wildman–Crippen MR) is 107 cm³/mol. The molecule has 3 N–H and O–H groups in total. The van der Waals surface area contributed by atoms with Crippen LogP contribution in [0.4, 0.5) is 22.7 Å². The fourth-order valence-electron chi connectivity index (χ4n) is 2.47. The zero-order chi connectivity index (χ0) is 19.9. The van der Waals surface area contributed by atoms with Crippen LogP contribution in [0.2, 0.25) is 0 Å². The van der Waals surface area contributed by atoms with Gasteiger partial charge in [0.15, 0.2) is 0 Å². The number of carbonyl (C=O) groups excluding carboxylic acids is 2. The molecule has 0 unspecified atom stereocenters. The summed E-state index contributed by atoms with van der Waals surface area (Å²) in [5.74, 6) is -0.460. The summed E-state index contributed by atoms with van der Waals surface area (Å²) in [7, 11) is 0. The van der Waals surface area contributed by atoms with E-state index in [1.54, 1.807) is 60.8 Å². The lowest BCUT2D eigenvalue weighted by atomic mass is 10.2. The predicted octanol–water partition coefficient (Wildman–Crippen LogP) is 3.91. The molecule has 0 atom stereocenters. The van der Waals surface area contributed by atoms with Crippen LogP contribution in [0.5, 0.6) is 0 Å². The van der Waals surface area contributed by atoms with Crippen LogP contribution in [-0.2, 0) is 4.79 Å². The molecule has 0 aliphatic carbocycles. The van der Waals surface area contributed by atoms with E-state index in [1.165, 1.54) is 13.1 Å². The van der Waals surface area contributed by atoms with Crippen molar-refractivity contribution in [1.82, 2.24) is 4.98 Å². The van der Waals surface area contributed by atoms with Gasteiger partial charge in [0, 0.05) is 30.2 Å². The summed E-state index contributed by atoms with van der Waals surface area (Å²) < 4.78 is 0. The quantitative estimate of drug-likeness (QED) is 0.630. The van der Waals surface area contributed by atoms with E-state index in [-0.39, 0.29) is 11.8 Å². The second kappa shape index (κ2) is 8.47. The van der Waals surface area contributed by atoms with Gasteiger partial charge in [-0.15, -0.1) is 0 Å². The fraction of sp³-hybridized carbons (Fsp3) is 0.0476. The number of rotatable bonds is 5. The molecular formula is C21H17N5O2. The summed E-state index contributed by atoms with van der Waals surface area (Å²) in [6.07, 6.45) is 3.09. The summed E-state index contributed by atoms with van der Waals surface area (Å²) in [6, 6.07) is 17.5. The van der Waals surface area contributed by atoms with Crippen molar-refractivity contribution in [1.29, 1.82) is 5.26 Å². The number of anilines is 4. The molecule has 28 heavy (non-hydrogen) atoms. The number of benzene rings is 2. The van der Waals surface area contributed by atoms with Crippen molar-refractivity contribution in [3.05, 3.63) is 78.1 Å². The maximum absolute atomic E-state index is 12.5. The normalized spacial score (nSPS) is 9.86. The van der Waals surface area contributed by atoms with Gasteiger partial charge < -0.3 is 16.0 Å². The van der Waals surface area contributed by atoms with Crippen LogP contribution < -0.4 is 16.0 Å². The minimum atomic E-state index is -0.303. The number of hydrogen-bond donors (Lipinski definition) is 3. The first kappa shape index (κ1) is 18.6. The number of nitrogens with one attached hydrogen (secondary N) is 3. The third-order valence-corrected chi connectivity index (χ3v) is 3.77. The second-order valence-corrected chi connectivity index (χ2v) is 5.99. The molecule has 0 aliphatic heterocycles. The third kappa shape index (κ3) is 4.93. The smallest absolute Gasteiger partial charge is 0.257 e. The first-order valence-corrected chi connectivity index (χ1v) is 8.45. The van der Waals surface area contributed by atoms with Crippen LogP contribution >= 0.6 is 0 Å². The standard InChI is InChI=1S/C21H17N5O2/c1-14(27)24-17-6-8-19(9-7-17)26-21(28)16-10-20(13-23-12-16)25-18-4-2-15(11-22)3-5-18/h2-10,12-13,25H,1H3,(H,24,27)(H,26,28). The zero-order valence-electron chi connectivity index (χ0n) is 15.1. The van der Waals surface area contributed by atoms with Crippen molar-refractivity contribution >= 4 is 34.6 Å². The number of hydrogen-bond acceptors (Lipinski definition) is 5. The van der Waals surface area contributed by atoms with E-state index in [4.69, 9.17) is 5.26 Å². The molecule has 0 saturated heterocycles. The monoisotopic (exact) mass is 371 g/mol. The molecule has 1 aromatic heterocycles. The van der Waals surface area contributed by atoms with Gasteiger partial charge in [-0.05, 0) is 54.6 Å². The third-order valence-electron chi connectivity index (χ3n) is 3.77. The molecule has 7 nitrogen and oxygen atoms in total. The van der Waals surface area contributed by atoms with E-state index in [0.717, 1.165) is 5.69 Å². The minimum Gasteiger partial charge on any atom is -0.354 e. The lowest BCUT2D eigenvalue weighted by Crippen LogP contribution is -2.12. The van der Waals surface area contributed by atoms with E-state index in [9.17, 15) is 9.59 Å². The average molecular weight is 371 g/mol. The van der Waals surface area contributed by atoms with Crippen molar-refractivity contribution in [3.8, 4) is 6.07 Å². The highest BCUT2D eigenvalue weighted by molar-refractivity contribution is 6.04. The Morgan fingerprint density at radius 1 is 0.857 bits per heavy atom. The molecule has 0 fully saturated rings. The van der Waals surface area contributed by atoms with Crippen molar-refractivity contribution < 1.29 is 9.59 Å². The first-order valence-electron chi connectivity index (χ1n) is 8.45. The summed E-state index contributed by atoms with van der Waals surface area (Å²) in [5, 5.41) is 17.5. The van der Waals surface area contributed by atoms with Gasteiger partial charge in [-0.25, -0.2) is 0 Å². The summed E-state index contributed by atoms with van der Waals surface area (Å²) in [4.78, 5) is 27.6. The van der Waals surface area contributed by atoms with Gasteiger partial charge in [-0.3, -0.25) is 14.6 Å². The number of aromatic nitrogens is 1. The molecule has 7 heteroatoms. The topological polar surface area (TPSA) is 107 Å². The van der Waals surface area contributed by atoms with Gasteiger partial charge >= 0.3 is 0 Å². The number of nitrogens with zero attached hydrogens (tertiary/aromatic N) is 2.